The molecule has 2 rings (SSSR count). The fraction of sp³-hybridized carbons (Fsp3) is 0.417. The molecule has 1 N–H and O–H groups in total. The van der Waals surface area contributed by atoms with Gasteiger partial charge in [-0.15, -0.1) is 12.3 Å². The number of aryl methyl sites for hydroxylation is 1. The van der Waals surface area contributed by atoms with E-state index < -0.39 is 0 Å². The van der Waals surface area contributed by atoms with E-state index in [1.165, 1.54) is 6.33 Å². The Balaban J connectivity index is 2.34. The fourth-order valence-electron chi connectivity index (χ4n) is 1.68. The predicted octanol–water partition coefficient (Wildman–Crippen LogP) is 1.65. The Kier molecular flexibility index (Phi) is 3.24. The van der Waals surface area contributed by atoms with E-state index in [4.69, 9.17) is 6.42 Å². The van der Waals surface area contributed by atoms with Crippen LogP contribution >= 0.6 is 0 Å². The van der Waals surface area contributed by atoms with Crippen LogP contribution in [0.15, 0.2) is 12.4 Å². The molecule has 0 saturated carbocycles. The van der Waals surface area contributed by atoms with Crippen LogP contribution in [0.5, 0.6) is 0 Å². The summed E-state index contributed by atoms with van der Waals surface area (Å²) in [4.78, 5) is 8.36. The molecule has 1 unspecified atom stereocenters. The van der Waals surface area contributed by atoms with Crippen LogP contribution in [0.1, 0.15) is 25.5 Å². The monoisotopic (exact) mass is 229 g/mol. The van der Waals surface area contributed by atoms with Gasteiger partial charge in [-0.05, 0) is 13.3 Å². The average Bonchev–Trinajstić information content (AvgIpc) is 2.76. The van der Waals surface area contributed by atoms with Gasteiger partial charge in [0, 0.05) is 24.2 Å². The minimum atomic E-state index is 0.245. The Morgan fingerprint density at radius 1 is 1.59 bits per heavy atom. The third-order valence-electron chi connectivity index (χ3n) is 2.59. The minimum absolute atomic E-state index is 0.245. The zero-order chi connectivity index (χ0) is 12.3. The molecule has 2 heterocycles. The van der Waals surface area contributed by atoms with E-state index in [9.17, 15) is 0 Å². The molecule has 0 aliphatic carbocycles. The maximum Gasteiger partial charge on any atom is 0.254 e. The largest absolute Gasteiger partial charge is 0.366 e. The van der Waals surface area contributed by atoms with Crippen LogP contribution in [0.25, 0.3) is 5.78 Å². The van der Waals surface area contributed by atoms with E-state index in [1.807, 2.05) is 13.0 Å². The van der Waals surface area contributed by atoms with E-state index in [-0.39, 0.29) is 6.04 Å². The van der Waals surface area contributed by atoms with Gasteiger partial charge in [0.1, 0.15) is 12.1 Å². The van der Waals surface area contributed by atoms with Crippen molar-refractivity contribution in [2.24, 2.45) is 0 Å². The lowest BCUT2D eigenvalue weighted by Gasteiger charge is -2.16. The van der Waals surface area contributed by atoms with Crippen LogP contribution in [-0.4, -0.2) is 25.6 Å². The molecular formula is C12H15N5. The second kappa shape index (κ2) is 4.83. The summed E-state index contributed by atoms with van der Waals surface area (Å²) >= 11 is 0. The van der Waals surface area contributed by atoms with Crippen LogP contribution in [0, 0.1) is 19.3 Å². The molecule has 5 nitrogen and oxygen atoms in total. The van der Waals surface area contributed by atoms with Crippen LogP contribution in [0.2, 0.25) is 0 Å². The molecule has 2 aromatic heterocycles. The molecule has 5 heteroatoms. The summed E-state index contributed by atoms with van der Waals surface area (Å²) in [5.41, 5.74) is 0.906. The number of fused-ring (bicyclic) bond motifs is 1. The highest BCUT2D eigenvalue weighted by molar-refractivity contribution is 5.45. The SMILES string of the molecule is C#CCC(CC)Nc1cc(C)nc2ncnn12. The Morgan fingerprint density at radius 3 is 3.12 bits per heavy atom. The van der Waals surface area contributed by atoms with Crippen molar-refractivity contribution in [3.8, 4) is 12.3 Å². The zero-order valence-corrected chi connectivity index (χ0v) is 10.0. The molecule has 0 radical (unpaired) electrons. The number of hydrogen-bond acceptors (Lipinski definition) is 4. The highest BCUT2D eigenvalue weighted by Gasteiger charge is 2.09. The number of nitrogens with zero attached hydrogens (tertiary/aromatic N) is 4. The summed E-state index contributed by atoms with van der Waals surface area (Å²) in [6.45, 7) is 4.03. The molecule has 2 aromatic rings. The molecule has 0 aliphatic heterocycles. The summed E-state index contributed by atoms with van der Waals surface area (Å²) in [7, 11) is 0. The molecule has 1 atom stereocenters. The summed E-state index contributed by atoms with van der Waals surface area (Å²) in [6, 6.07) is 2.19. The molecule has 17 heavy (non-hydrogen) atoms. The van der Waals surface area contributed by atoms with E-state index in [2.05, 4.69) is 33.2 Å². The first-order valence-electron chi connectivity index (χ1n) is 5.62. The van der Waals surface area contributed by atoms with Gasteiger partial charge in [0.05, 0.1) is 0 Å². The summed E-state index contributed by atoms with van der Waals surface area (Å²) in [6.07, 6.45) is 8.49. The molecule has 0 fully saturated rings. The predicted molar refractivity (Wildman–Crippen MR) is 66.7 cm³/mol. The van der Waals surface area contributed by atoms with Crippen molar-refractivity contribution >= 4 is 11.6 Å². The van der Waals surface area contributed by atoms with Crippen LogP contribution < -0.4 is 5.32 Å². The summed E-state index contributed by atoms with van der Waals surface area (Å²) < 4.78 is 1.69. The van der Waals surface area contributed by atoms with Gasteiger partial charge in [0.25, 0.3) is 5.78 Å². The van der Waals surface area contributed by atoms with E-state index in [0.717, 1.165) is 17.9 Å². The maximum atomic E-state index is 5.34. The van der Waals surface area contributed by atoms with E-state index in [1.54, 1.807) is 4.52 Å². The summed E-state index contributed by atoms with van der Waals surface area (Å²) in [5.74, 6) is 4.15. The quantitative estimate of drug-likeness (QED) is 0.810. The highest BCUT2D eigenvalue weighted by Crippen LogP contribution is 2.13. The van der Waals surface area contributed by atoms with Crippen molar-refractivity contribution in [2.75, 3.05) is 5.32 Å². The normalized spacial score (nSPS) is 12.3. The molecular weight excluding hydrogens is 214 g/mol. The van der Waals surface area contributed by atoms with Gasteiger partial charge < -0.3 is 5.32 Å². The number of terminal acetylenes is 1. The van der Waals surface area contributed by atoms with Crippen molar-refractivity contribution < 1.29 is 0 Å². The molecule has 0 amide bonds. The molecule has 88 valence electrons. The minimum Gasteiger partial charge on any atom is -0.366 e. The zero-order valence-electron chi connectivity index (χ0n) is 10.0. The Morgan fingerprint density at radius 2 is 2.41 bits per heavy atom. The lowest BCUT2D eigenvalue weighted by Crippen LogP contribution is -2.20. The first-order valence-corrected chi connectivity index (χ1v) is 5.62. The number of rotatable bonds is 4. The Hall–Kier alpha value is -2.09. The first kappa shape index (κ1) is 11.4. The topological polar surface area (TPSA) is 55.1 Å². The van der Waals surface area contributed by atoms with Gasteiger partial charge in [-0.3, -0.25) is 0 Å². The van der Waals surface area contributed by atoms with E-state index in [0.29, 0.717) is 12.2 Å². The molecule has 0 spiro atoms. The molecule has 0 aromatic carbocycles. The Labute approximate surface area is 100 Å². The Bertz CT molecular complexity index is 552. The van der Waals surface area contributed by atoms with Gasteiger partial charge in [-0.2, -0.15) is 14.6 Å². The van der Waals surface area contributed by atoms with Crippen molar-refractivity contribution in [3.63, 3.8) is 0 Å². The number of anilines is 1. The average molecular weight is 229 g/mol. The second-order valence-corrected chi connectivity index (χ2v) is 3.91. The van der Waals surface area contributed by atoms with Gasteiger partial charge in [0.2, 0.25) is 0 Å². The third-order valence-corrected chi connectivity index (χ3v) is 2.59. The van der Waals surface area contributed by atoms with Crippen molar-refractivity contribution in [1.29, 1.82) is 0 Å². The van der Waals surface area contributed by atoms with Crippen molar-refractivity contribution in [3.05, 3.63) is 18.1 Å². The molecule has 0 aliphatic rings. The number of nitrogens with one attached hydrogen (secondary N) is 1. The smallest absolute Gasteiger partial charge is 0.254 e. The van der Waals surface area contributed by atoms with Crippen LogP contribution in [0.4, 0.5) is 5.82 Å². The first-order chi connectivity index (χ1) is 8.24. The maximum absolute atomic E-state index is 5.34. The van der Waals surface area contributed by atoms with Gasteiger partial charge >= 0.3 is 0 Å². The van der Waals surface area contributed by atoms with Gasteiger partial charge in [-0.25, -0.2) is 4.98 Å². The van der Waals surface area contributed by atoms with Crippen LogP contribution in [0.3, 0.4) is 0 Å². The lowest BCUT2D eigenvalue weighted by atomic mass is 10.1. The van der Waals surface area contributed by atoms with E-state index >= 15 is 0 Å². The number of aromatic nitrogens is 4. The second-order valence-electron chi connectivity index (χ2n) is 3.91. The third kappa shape index (κ3) is 2.36. The van der Waals surface area contributed by atoms with Crippen molar-refractivity contribution in [1.82, 2.24) is 19.6 Å². The van der Waals surface area contributed by atoms with Crippen molar-refractivity contribution in [2.45, 2.75) is 32.7 Å². The molecule has 0 bridgehead atoms. The molecule has 0 saturated heterocycles. The highest BCUT2D eigenvalue weighted by atomic mass is 15.4. The fourth-order valence-corrected chi connectivity index (χ4v) is 1.68. The lowest BCUT2D eigenvalue weighted by molar-refractivity contribution is 0.704. The van der Waals surface area contributed by atoms with Gasteiger partial charge in [0.15, 0.2) is 0 Å². The van der Waals surface area contributed by atoms with Crippen LogP contribution in [-0.2, 0) is 0 Å². The summed E-state index contributed by atoms with van der Waals surface area (Å²) in [5, 5.41) is 7.51. The number of hydrogen-bond donors (Lipinski definition) is 1. The standard InChI is InChI=1S/C12H15N5/c1-4-6-10(5-2)16-11-7-9(3)15-12-13-8-14-17(11)12/h1,7-8,10,16H,5-6H2,2-3H3. The van der Waals surface area contributed by atoms with Gasteiger partial charge in [-0.1, -0.05) is 6.92 Å².